The minimum Gasteiger partial charge on any atom is -0.456 e. The van der Waals surface area contributed by atoms with E-state index in [-0.39, 0.29) is 0 Å². The van der Waals surface area contributed by atoms with E-state index in [9.17, 15) is 0 Å². The van der Waals surface area contributed by atoms with Gasteiger partial charge in [0.2, 0.25) is 0 Å². The minimum absolute atomic E-state index is 0.849. The normalized spacial score (nSPS) is 12.1. The van der Waals surface area contributed by atoms with Gasteiger partial charge >= 0.3 is 0 Å². The second-order valence-corrected chi connectivity index (χ2v) is 18.7. The Bertz CT molecular complexity index is 3890. The largest absolute Gasteiger partial charge is 0.456 e. The number of nitrogens with zero attached hydrogens (tertiary/aromatic N) is 2. The highest BCUT2D eigenvalue weighted by molar-refractivity contribution is 7.26. The third-order valence-electron chi connectivity index (χ3n) is 12.8. The molecule has 0 spiro atoms. The van der Waals surface area contributed by atoms with E-state index in [1.54, 1.807) is 0 Å². The summed E-state index contributed by atoms with van der Waals surface area (Å²) in [6.45, 7) is 0. The second-order valence-electron chi connectivity index (χ2n) is 16.5. The van der Waals surface area contributed by atoms with Crippen molar-refractivity contribution in [3.05, 3.63) is 206 Å². The summed E-state index contributed by atoms with van der Waals surface area (Å²) in [7, 11) is 0. The van der Waals surface area contributed by atoms with Crippen LogP contribution in [0.15, 0.2) is 215 Å². The monoisotopic (exact) mass is 854 g/mol. The lowest BCUT2D eigenvalue weighted by Crippen LogP contribution is -2.09. The molecule has 6 heteroatoms. The standard InChI is InChI=1S/C58H34N2O2S2/c1-3-11-37(12-4-1)59(39-21-25-57-49(31-39)45-15-7-9-17-55(45)63-57)41-19-23-43-47-27-35-30-52-48(28-36(35)29-51(47)61-53(43)33-41)44-24-20-42(34-54(44)62-52)60(38-13-5-2-6-14-38)40-22-26-58-50(32-40)46-16-8-10-18-56(46)64-58/h1-34H. The molecule has 4 nitrogen and oxygen atoms in total. The number of thiophene rings is 2. The zero-order chi connectivity index (χ0) is 41.9. The van der Waals surface area contributed by atoms with E-state index in [1.807, 2.05) is 22.7 Å². The van der Waals surface area contributed by atoms with Gasteiger partial charge in [0.1, 0.15) is 22.3 Å². The molecule has 4 aromatic heterocycles. The van der Waals surface area contributed by atoms with Crippen LogP contribution in [0, 0.1) is 0 Å². The van der Waals surface area contributed by atoms with Crippen molar-refractivity contribution in [1.29, 1.82) is 0 Å². The fraction of sp³-hybridized carbons (Fsp3) is 0. The van der Waals surface area contributed by atoms with Crippen LogP contribution in [-0.4, -0.2) is 0 Å². The molecule has 0 aliphatic carbocycles. The molecule has 0 aliphatic rings. The quantitative estimate of drug-likeness (QED) is 0.167. The first-order chi connectivity index (χ1) is 31.7. The number of hydrogen-bond acceptors (Lipinski definition) is 6. The first kappa shape index (κ1) is 35.7. The fourth-order valence-electron chi connectivity index (χ4n) is 9.80. The lowest BCUT2D eigenvalue weighted by atomic mass is 10.0. The highest BCUT2D eigenvalue weighted by Gasteiger charge is 2.20. The first-order valence-electron chi connectivity index (χ1n) is 21.5. The van der Waals surface area contributed by atoms with Gasteiger partial charge in [0.25, 0.3) is 0 Å². The predicted octanol–water partition coefficient (Wildman–Crippen LogP) is 18.3. The Labute approximate surface area is 374 Å². The maximum atomic E-state index is 6.74. The third kappa shape index (κ3) is 5.53. The molecule has 300 valence electrons. The first-order valence-corrected chi connectivity index (χ1v) is 23.1. The Morgan fingerprint density at radius 2 is 0.625 bits per heavy atom. The lowest BCUT2D eigenvalue weighted by Gasteiger charge is -2.25. The maximum absolute atomic E-state index is 6.74. The van der Waals surface area contributed by atoms with E-state index < -0.39 is 0 Å². The second kappa shape index (κ2) is 13.8. The van der Waals surface area contributed by atoms with Gasteiger partial charge in [-0.15, -0.1) is 22.7 Å². The van der Waals surface area contributed by atoms with Gasteiger partial charge in [-0.1, -0.05) is 72.8 Å². The summed E-state index contributed by atoms with van der Waals surface area (Å²) < 4.78 is 18.6. The number of furan rings is 2. The Balaban J connectivity index is 0.865. The zero-order valence-electron chi connectivity index (χ0n) is 34.2. The Kier molecular flexibility index (Phi) is 7.69. The highest BCUT2D eigenvalue weighted by atomic mass is 32.1. The highest BCUT2D eigenvalue weighted by Crippen LogP contribution is 2.45. The van der Waals surface area contributed by atoms with Crippen LogP contribution < -0.4 is 9.80 Å². The molecule has 14 rings (SSSR count). The molecule has 0 saturated carbocycles. The molecule has 0 amide bonds. The van der Waals surface area contributed by atoms with Crippen LogP contribution in [-0.2, 0) is 0 Å². The molecule has 0 radical (unpaired) electrons. The van der Waals surface area contributed by atoms with E-state index in [0.717, 1.165) is 88.8 Å². The summed E-state index contributed by atoms with van der Waals surface area (Å²) in [5.41, 5.74) is 9.88. The van der Waals surface area contributed by atoms with E-state index in [4.69, 9.17) is 8.83 Å². The van der Waals surface area contributed by atoms with Crippen LogP contribution in [0.5, 0.6) is 0 Å². The smallest absolute Gasteiger partial charge is 0.137 e. The van der Waals surface area contributed by atoms with Gasteiger partial charge in [-0.05, 0) is 132 Å². The van der Waals surface area contributed by atoms with Crippen molar-refractivity contribution in [2.45, 2.75) is 0 Å². The average molecular weight is 855 g/mol. The molecular formula is C58H34N2O2S2. The Morgan fingerprint density at radius 1 is 0.250 bits per heavy atom. The van der Waals surface area contributed by atoms with Crippen molar-refractivity contribution in [3.8, 4) is 0 Å². The van der Waals surface area contributed by atoms with Crippen LogP contribution in [0.1, 0.15) is 0 Å². The molecule has 14 aromatic rings. The van der Waals surface area contributed by atoms with Gasteiger partial charge in [0, 0.05) is 108 Å². The van der Waals surface area contributed by atoms with Crippen LogP contribution in [0.25, 0.3) is 95.0 Å². The molecule has 0 N–H and O–H groups in total. The summed E-state index contributed by atoms with van der Waals surface area (Å²) in [4.78, 5) is 4.64. The zero-order valence-corrected chi connectivity index (χ0v) is 35.8. The van der Waals surface area contributed by atoms with Crippen LogP contribution in [0.2, 0.25) is 0 Å². The van der Waals surface area contributed by atoms with Crippen molar-refractivity contribution in [2.24, 2.45) is 0 Å². The summed E-state index contributed by atoms with van der Waals surface area (Å²) >= 11 is 3.68. The summed E-state index contributed by atoms with van der Waals surface area (Å²) in [5, 5.41) is 11.6. The Hall–Kier alpha value is -7.90. The number of anilines is 6. The molecule has 0 bridgehead atoms. The maximum Gasteiger partial charge on any atom is 0.137 e. The van der Waals surface area contributed by atoms with Gasteiger partial charge in [-0.2, -0.15) is 0 Å². The number of rotatable bonds is 6. The minimum atomic E-state index is 0.849. The van der Waals surface area contributed by atoms with E-state index in [0.29, 0.717) is 0 Å². The SMILES string of the molecule is c1ccc(N(c2ccc3c(c2)oc2cc4cc5c(cc4cc23)oc2cc(N(c3ccccc3)c3ccc4sc6ccccc6c4c3)ccc25)c2ccc3sc4ccccc4c3c2)cc1. The van der Waals surface area contributed by atoms with Crippen LogP contribution in [0.4, 0.5) is 34.1 Å². The van der Waals surface area contributed by atoms with E-state index in [2.05, 4.69) is 216 Å². The van der Waals surface area contributed by atoms with Gasteiger partial charge < -0.3 is 18.6 Å². The fourth-order valence-corrected chi connectivity index (χ4v) is 12.0. The van der Waals surface area contributed by atoms with Crippen molar-refractivity contribution >= 4 is 152 Å². The molecule has 0 atom stereocenters. The Morgan fingerprint density at radius 3 is 1.09 bits per heavy atom. The van der Waals surface area contributed by atoms with Crippen molar-refractivity contribution in [1.82, 2.24) is 0 Å². The molecule has 0 fully saturated rings. The molecular weight excluding hydrogens is 821 g/mol. The van der Waals surface area contributed by atoms with Gasteiger partial charge in [0.15, 0.2) is 0 Å². The van der Waals surface area contributed by atoms with Gasteiger partial charge in [-0.25, -0.2) is 0 Å². The van der Waals surface area contributed by atoms with Gasteiger partial charge in [-0.3, -0.25) is 0 Å². The number of hydrogen-bond donors (Lipinski definition) is 0. The molecule has 0 unspecified atom stereocenters. The van der Waals surface area contributed by atoms with E-state index >= 15 is 0 Å². The number of benzene rings is 10. The lowest BCUT2D eigenvalue weighted by molar-refractivity contribution is 0.668. The summed E-state index contributed by atoms with van der Waals surface area (Å²) in [6.07, 6.45) is 0. The predicted molar refractivity (Wildman–Crippen MR) is 274 cm³/mol. The van der Waals surface area contributed by atoms with E-state index in [1.165, 1.54) is 40.3 Å². The molecule has 10 aromatic carbocycles. The molecule has 0 aliphatic heterocycles. The van der Waals surface area contributed by atoms with Crippen LogP contribution >= 0.6 is 22.7 Å². The molecule has 0 saturated heterocycles. The third-order valence-corrected chi connectivity index (χ3v) is 15.1. The molecule has 64 heavy (non-hydrogen) atoms. The number of fused-ring (bicyclic) bond motifs is 13. The van der Waals surface area contributed by atoms with Gasteiger partial charge in [0.05, 0.1) is 0 Å². The van der Waals surface area contributed by atoms with Crippen molar-refractivity contribution in [2.75, 3.05) is 9.80 Å². The summed E-state index contributed by atoms with van der Waals surface area (Å²) in [6, 6.07) is 74.2. The number of para-hydroxylation sites is 2. The topological polar surface area (TPSA) is 32.8 Å². The summed E-state index contributed by atoms with van der Waals surface area (Å²) in [5.74, 6) is 0. The van der Waals surface area contributed by atoms with Crippen LogP contribution in [0.3, 0.4) is 0 Å². The van der Waals surface area contributed by atoms with Crippen molar-refractivity contribution in [3.63, 3.8) is 0 Å². The average Bonchev–Trinajstić information content (AvgIpc) is 4.10. The molecule has 4 heterocycles. The van der Waals surface area contributed by atoms with Crippen molar-refractivity contribution < 1.29 is 8.83 Å².